The number of H-pyrrole nitrogens is 1. The van der Waals surface area contributed by atoms with Crippen molar-refractivity contribution in [3.8, 4) is 11.4 Å². The molecule has 8 nitrogen and oxygen atoms in total. The number of hydrogen-bond acceptors (Lipinski definition) is 7. The smallest absolute Gasteiger partial charge is 0.206 e. The maximum atomic E-state index is 4.54. The molecule has 152 valence electrons. The fourth-order valence-electron chi connectivity index (χ4n) is 3.87. The van der Waals surface area contributed by atoms with E-state index >= 15 is 0 Å². The first-order valence-corrected chi connectivity index (χ1v) is 10.2. The quantitative estimate of drug-likeness (QED) is 0.689. The Morgan fingerprint density at radius 2 is 1.93 bits per heavy atom. The van der Waals surface area contributed by atoms with Crippen molar-refractivity contribution in [2.24, 2.45) is 5.92 Å². The number of piperazine rings is 1. The molecule has 3 aromatic rings. The molecule has 4 rings (SSSR count). The van der Waals surface area contributed by atoms with Gasteiger partial charge >= 0.3 is 0 Å². The van der Waals surface area contributed by atoms with Crippen LogP contribution < -0.4 is 4.90 Å². The lowest BCUT2D eigenvalue weighted by molar-refractivity contribution is 0.247. The van der Waals surface area contributed by atoms with Gasteiger partial charge in [0.15, 0.2) is 0 Å². The minimum Gasteiger partial charge on any atom is -0.368 e. The molecule has 8 heteroatoms. The van der Waals surface area contributed by atoms with Gasteiger partial charge in [0.25, 0.3) is 0 Å². The highest BCUT2D eigenvalue weighted by atomic mass is 15.5. The van der Waals surface area contributed by atoms with Crippen LogP contribution in [0.5, 0.6) is 0 Å². The van der Waals surface area contributed by atoms with Crippen molar-refractivity contribution in [3.05, 3.63) is 47.5 Å². The third kappa shape index (κ3) is 4.76. The van der Waals surface area contributed by atoms with Crippen LogP contribution in [-0.4, -0.2) is 61.7 Å². The Hall–Kier alpha value is -2.87. The number of rotatable bonds is 6. The third-order valence-corrected chi connectivity index (χ3v) is 5.22. The summed E-state index contributed by atoms with van der Waals surface area (Å²) in [6.07, 6.45) is 2.90. The van der Waals surface area contributed by atoms with Crippen molar-refractivity contribution in [3.63, 3.8) is 0 Å². The Kier molecular flexibility index (Phi) is 5.80. The molecule has 0 aliphatic carbocycles. The molecule has 1 fully saturated rings. The lowest BCUT2D eigenvalue weighted by Crippen LogP contribution is -2.46. The van der Waals surface area contributed by atoms with Crippen LogP contribution in [0.25, 0.3) is 11.4 Å². The van der Waals surface area contributed by atoms with Crippen molar-refractivity contribution in [2.75, 3.05) is 31.1 Å². The van der Waals surface area contributed by atoms with Crippen LogP contribution in [0, 0.1) is 12.8 Å². The monoisotopic (exact) mass is 392 g/mol. The van der Waals surface area contributed by atoms with Crippen molar-refractivity contribution < 1.29 is 0 Å². The van der Waals surface area contributed by atoms with Crippen LogP contribution in [0.3, 0.4) is 0 Å². The zero-order chi connectivity index (χ0) is 20.2. The first kappa shape index (κ1) is 19.4. The molecule has 1 saturated heterocycles. The predicted octanol–water partition coefficient (Wildman–Crippen LogP) is 2.49. The standard InChI is InChI=1S/C21H28N8/c1-15(2)12-17-4-5-19(21-24-26-27-25-21)20(13-17)29-10-8-28(9-11-29)14-18-6-7-22-16(3)23-18/h4-7,13,15H,8-12,14H2,1-3H3,(H,24,25,26,27). The predicted molar refractivity (Wildman–Crippen MR) is 112 cm³/mol. The molecule has 0 atom stereocenters. The Labute approximate surface area is 171 Å². The summed E-state index contributed by atoms with van der Waals surface area (Å²) < 4.78 is 0. The molecule has 29 heavy (non-hydrogen) atoms. The zero-order valence-electron chi connectivity index (χ0n) is 17.3. The maximum absolute atomic E-state index is 4.54. The highest BCUT2D eigenvalue weighted by molar-refractivity contribution is 5.75. The summed E-state index contributed by atoms with van der Waals surface area (Å²) in [6, 6.07) is 8.62. The van der Waals surface area contributed by atoms with Gasteiger partial charge in [-0.2, -0.15) is 5.21 Å². The molecule has 3 heterocycles. The Bertz CT molecular complexity index is 930. The summed E-state index contributed by atoms with van der Waals surface area (Å²) in [5, 5.41) is 14.7. The van der Waals surface area contributed by atoms with E-state index in [1.165, 1.54) is 11.3 Å². The fourth-order valence-corrected chi connectivity index (χ4v) is 3.87. The summed E-state index contributed by atoms with van der Waals surface area (Å²) >= 11 is 0. The number of aromatic amines is 1. The minimum absolute atomic E-state index is 0.618. The molecular weight excluding hydrogens is 364 g/mol. The van der Waals surface area contributed by atoms with Gasteiger partial charge in [0, 0.05) is 50.2 Å². The van der Waals surface area contributed by atoms with E-state index < -0.39 is 0 Å². The van der Waals surface area contributed by atoms with Gasteiger partial charge in [-0.15, -0.1) is 10.2 Å². The van der Waals surface area contributed by atoms with Crippen LogP contribution in [-0.2, 0) is 13.0 Å². The van der Waals surface area contributed by atoms with E-state index in [0.717, 1.165) is 56.2 Å². The number of hydrogen-bond donors (Lipinski definition) is 1. The first-order chi connectivity index (χ1) is 14.1. The highest BCUT2D eigenvalue weighted by Crippen LogP contribution is 2.31. The van der Waals surface area contributed by atoms with Crippen LogP contribution in [0.15, 0.2) is 30.5 Å². The second-order valence-electron chi connectivity index (χ2n) is 8.04. The Morgan fingerprint density at radius 1 is 1.10 bits per heavy atom. The van der Waals surface area contributed by atoms with E-state index in [2.05, 4.69) is 72.4 Å². The molecule has 0 unspecified atom stereocenters. The Morgan fingerprint density at radius 3 is 2.62 bits per heavy atom. The van der Waals surface area contributed by atoms with Gasteiger partial charge in [0.2, 0.25) is 5.82 Å². The van der Waals surface area contributed by atoms with Gasteiger partial charge in [-0.1, -0.05) is 19.9 Å². The molecule has 2 aromatic heterocycles. The highest BCUT2D eigenvalue weighted by Gasteiger charge is 2.22. The largest absolute Gasteiger partial charge is 0.368 e. The second kappa shape index (κ2) is 8.65. The van der Waals surface area contributed by atoms with E-state index in [-0.39, 0.29) is 0 Å². The first-order valence-electron chi connectivity index (χ1n) is 10.2. The van der Waals surface area contributed by atoms with E-state index in [0.29, 0.717) is 11.7 Å². The van der Waals surface area contributed by atoms with E-state index in [4.69, 9.17) is 0 Å². The second-order valence-corrected chi connectivity index (χ2v) is 8.04. The van der Waals surface area contributed by atoms with Crippen molar-refractivity contribution in [2.45, 2.75) is 33.7 Å². The number of benzene rings is 1. The normalized spacial score (nSPS) is 15.2. The van der Waals surface area contributed by atoms with Crippen molar-refractivity contribution in [1.29, 1.82) is 0 Å². The molecule has 0 bridgehead atoms. The number of anilines is 1. The number of nitrogens with zero attached hydrogens (tertiary/aromatic N) is 7. The lowest BCUT2D eigenvalue weighted by atomic mass is 9.99. The van der Waals surface area contributed by atoms with Crippen molar-refractivity contribution >= 4 is 5.69 Å². The topological polar surface area (TPSA) is 86.7 Å². The summed E-state index contributed by atoms with van der Waals surface area (Å²) in [4.78, 5) is 13.6. The molecule has 1 aliphatic rings. The molecule has 0 radical (unpaired) electrons. The molecule has 0 amide bonds. The average Bonchev–Trinajstić information content (AvgIpc) is 3.23. The SMILES string of the molecule is Cc1nccc(CN2CCN(c3cc(CC(C)C)ccc3-c3nn[nH]n3)CC2)n1. The lowest BCUT2D eigenvalue weighted by Gasteiger charge is -2.36. The van der Waals surface area contributed by atoms with Gasteiger partial charge in [-0.05, 0) is 48.2 Å². The summed E-state index contributed by atoms with van der Waals surface area (Å²) in [5.41, 5.74) is 4.66. The van der Waals surface area contributed by atoms with Crippen LogP contribution in [0.1, 0.15) is 30.9 Å². The van der Waals surface area contributed by atoms with E-state index in [1.54, 1.807) is 0 Å². The molecular formula is C21H28N8. The minimum atomic E-state index is 0.618. The number of nitrogens with one attached hydrogen (secondary N) is 1. The van der Waals surface area contributed by atoms with Crippen molar-refractivity contribution in [1.82, 2.24) is 35.5 Å². The van der Waals surface area contributed by atoms with Crippen LogP contribution in [0.4, 0.5) is 5.69 Å². The summed E-state index contributed by atoms with van der Waals surface area (Å²) in [5.74, 6) is 2.09. The zero-order valence-corrected chi connectivity index (χ0v) is 17.3. The van der Waals surface area contributed by atoms with Gasteiger partial charge in [-0.3, -0.25) is 4.90 Å². The third-order valence-electron chi connectivity index (χ3n) is 5.22. The van der Waals surface area contributed by atoms with Crippen LogP contribution >= 0.6 is 0 Å². The number of aromatic nitrogens is 6. The van der Waals surface area contributed by atoms with Crippen LogP contribution in [0.2, 0.25) is 0 Å². The van der Waals surface area contributed by atoms with Gasteiger partial charge in [0.1, 0.15) is 5.82 Å². The molecule has 0 saturated carbocycles. The fraction of sp³-hybridized carbons (Fsp3) is 0.476. The number of aryl methyl sites for hydroxylation is 1. The molecule has 1 aromatic carbocycles. The van der Waals surface area contributed by atoms with E-state index in [9.17, 15) is 0 Å². The van der Waals surface area contributed by atoms with Gasteiger partial charge < -0.3 is 4.90 Å². The average molecular weight is 393 g/mol. The number of tetrazole rings is 1. The summed E-state index contributed by atoms with van der Waals surface area (Å²) in [6.45, 7) is 11.2. The molecule has 1 aliphatic heterocycles. The maximum Gasteiger partial charge on any atom is 0.206 e. The summed E-state index contributed by atoms with van der Waals surface area (Å²) in [7, 11) is 0. The molecule has 0 spiro atoms. The van der Waals surface area contributed by atoms with E-state index in [1.807, 2.05) is 19.2 Å². The Balaban J connectivity index is 1.50. The van der Waals surface area contributed by atoms with Gasteiger partial charge in [-0.25, -0.2) is 9.97 Å². The van der Waals surface area contributed by atoms with Gasteiger partial charge in [0.05, 0.1) is 5.69 Å². The molecule has 1 N–H and O–H groups in total.